The quantitative estimate of drug-likeness (QED) is 0.503. The van der Waals surface area contributed by atoms with Gasteiger partial charge in [-0.15, -0.1) is 0 Å². The van der Waals surface area contributed by atoms with E-state index < -0.39 is 23.0 Å². The zero-order valence-electron chi connectivity index (χ0n) is 17.1. The molecule has 0 N–H and O–H groups in total. The van der Waals surface area contributed by atoms with E-state index in [-0.39, 0.29) is 40.1 Å². The Bertz CT molecular complexity index is 965. The molecule has 2 heterocycles. The van der Waals surface area contributed by atoms with Gasteiger partial charge in [0.05, 0.1) is 12.2 Å². The molecule has 0 bridgehead atoms. The fraction of sp³-hybridized carbons (Fsp3) is 0.474. The molecule has 0 atom stereocenters. The predicted molar refractivity (Wildman–Crippen MR) is 104 cm³/mol. The van der Waals surface area contributed by atoms with Crippen LogP contribution in [-0.4, -0.2) is 38.0 Å². The minimum Gasteiger partial charge on any atom is -0.339 e. The lowest BCUT2D eigenvalue weighted by molar-refractivity contribution is -0.123. The van der Waals surface area contributed by atoms with Gasteiger partial charge in [0.25, 0.3) is 5.91 Å². The topological polar surface area (TPSA) is 79.5 Å². The van der Waals surface area contributed by atoms with E-state index in [1.807, 2.05) is 20.8 Å². The smallest absolute Gasteiger partial charge is 0.339 e. The molecule has 0 spiro atoms. The molecule has 2 aromatic rings. The molecule has 30 heavy (non-hydrogen) atoms. The van der Waals surface area contributed by atoms with Crippen molar-refractivity contribution < 1.29 is 27.3 Å². The number of hydrogen-bond acceptors (Lipinski definition) is 6. The van der Waals surface area contributed by atoms with E-state index in [2.05, 4.69) is 10.1 Å². The van der Waals surface area contributed by atoms with Crippen LogP contribution in [0.2, 0.25) is 0 Å². The highest BCUT2D eigenvalue weighted by Crippen LogP contribution is 2.38. The number of urea groups is 1. The second-order valence-corrected chi connectivity index (χ2v) is 9.51. The zero-order valence-corrected chi connectivity index (χ0v) is 17.9. The van der Waals surface area contributed by atoms with Crippen LogP contribution in [0.15, 0.2) is 33.7 Å². The number of benzene rings is 1. The molecule has 162 valence electrons. The Morgan fingerprint density at radius 2 is 1.70 bits per heavy atom. The summed E-state index contributed by atoms with van der Waals surface area (Å²) in [6.07, 6.45) is 0. The van der Waals surface area contributed by atoms with Crippen LogP contribution < -0.4 is 4.90 Å². The average Bonchev–Trinajstić information content (AvgIpc) is 3.14. The first kappa shape index (κ1) is 22.1. The van der Waals surface area contributed by atoms with Gasteiger partial charge in [0.15, 0.2) is 5.82 Å². The molecular weight excluding hydrogens is 421 g/mol. The monoisotopic (exact) mass is 442 g/mol. The Labute approximate surface area is 175 Å². The summed E-state index contributed by atoms with van der Waals surface area (Å²) in [6.45, 7) is 8.84. The van der Waals surface area contributed by atoms with Crippen molar-refractivity contribution in [2.24, 2.45) is 0 Å². The number of thioether (sulfide) groups is 1. The molecule has 1 saturated heterocycles. The van der Waals surface area contributed by atoms with Crippen LogP contribution in [0.3, 0.4) is 0 Å². The molecule has 7 nitrogen and oxygen atoms in total. The van der Waals surface area contributed by atoms with E-state index in [0.29, 0.717) is 5.89 Å². The minimum atomic E-state index is -4.42. The summed E-state index contributed by atoms with van der Waals surface area (Å²) in [6, 6.07) is 4.46. The van der Waals surface area contributed by atoms with Gasteiger partial charge < -0.3 is 9.42 Å². The molecule has 1 aliphatic heterocycles. The number of hydrogen-bond donors (Lipinski definition) is 0. The number of halogens is 3. The summed E-state index contributed by atoms with van der Waals surface area (Å²) in [5.74, 6) is 0.166. The molecule has 1 aromatic heterocycles. The molecule has 1 aliphatic rings. The largest absolute Gasteiger partial charge is 0.446 e. The number of amides is 3. The zero-order chi connectivity index (χ0) is 22.5. The molecule has 3 rings (SSSR count). The van der Waals surface area contributed by atoms with Crippen molar-refractivity contribution in [1.82, 2.24) is 15.0 Å². The minimum absolute atomic E-state index is 0.0389. The molecule has 3 amide bonds. The number of aromatic nitrogens is 2. The van der Waals surface area contributed by atoms with Crippen LogP contribution in [0.5, 0.6) is 0 Å². The maximum atomic E-state index is 13.0. The van der Waals surface area contributed by atoms with E-state index in [1.54, 1.807) is 13.8 Å². The van der Waals surface area contributed by atoms with Crippen molar-refractivity contribution in [3.05, 3.63) is 36.0 Å². The third-order valence-electron chi connectivity index (χ3n) is 4.56. The maximum Gasteiger partial charge on any atom is 0.446 e. The van der Waals surface area contributed by atoms with E-state index in [1.165, 1.54) is 29.2 Å². The Morgan fingerprint density at radius 3 is 2.20 bits per heavy atom. The molecule has 1 aromatic carbocycles. The number of imide groups is 1. The molecule has 0 unspecified atom stereocenters. The Kier molecular flexibility index (Phi) is 5.38. The lowest BCUT2D eigenvalue weighted by atomic mass is 9.97. The molecule has 1 fully saturated rings. The number of carbonyl (C=O) groups is 2. The molecule has 11 heteroatoms. The summed E-state index contributed by atoms with van der Waals surface area (Å²) in [7, 11) is 0. The van der Waals surface area contributed by atoms with Crippen LogP contribution in [0, 0.1) is 0 Å². The van der Waals surface area contributed by atoms with Gasteiger partial charge in [-0.25, -0.2) is 9.69 Å². The summed E-state index contributed by atoms with van der Waals surface area (Å²) < 4.78 is 42.8. The molecule has 0 aliphatic carbocycles. The van der Waals surface area contributed by atoms with Gasteiger partial charge in [0.1, 0.15) is 5.54 Å². The second-order valence-electron chi connectivity index (χ2n) is 8.38. The van der Waals surface area contributed by atoms with Gasteiger partial charge in [-0.1, -0.05) is 25.9 Å². The first-order valence-corrected chi connectivity index (χ1v) is 9.87. The summed E-state index contributed by atoms with van der Waals surface area (Å²) >= 11 is -0.266. The number of nitrogens with zero attached hydrogens (tertiary/aromatic N) is 4. The van der Waals surface area contributed by atoms with Crippen LogP contribution in [0.1, 0.15) is 46.3 Å². The van der Waals surface area contributed by atoms with Crippen LogP contribution in [-0.2, 0) is 16.8 Å². The summed E-state index contributed by atoms with van der Waals surface area (Å²) in [5, 5.41) is 3.90. The number of rotatable bonds is 4. The van der Waals surface area contributed by atoms with Gasteiger partial charge in [0.2, 0.25) is 5.89 Å². The lowest BCUT2D eigenvalue weighted by Gasteiger charge is -2.26. The van der Waals surface area contributed by atoms with E-state index in [9.17, 15) is 22.8 Å². The van der Waals surface area contributed by atoms with E-state index >= 15 is 0 Å². The Hall–Kier alpha value is -2.56. The van der Waals surface area contributed by atoms with Crippen LogP contribution >= 0.6 is 11.8 Å². The van der Waals surface area contributed by atoms with Gasteiger partial charge >= 0.3 is 11.5 Å². The lowest BCUT2D eigenvalue weighted by Crippen LogP contribution is -2.43. The highest BCUT2D eigenvalue weighted by atomic mass is 32.2. The first-order chi connectivity index (χ1) is 13.7. The summed E-state index contributed by atoms with van der Waals surface area (Å²) in [5.41, 5.74) is -5.79. The van der Waals surface area contributed by atoms with Gasteiger partial charge in [0, 0.05) is 10.3 Å². The third kappa shape index (κ3) is 4.30. The number of anilines is 1. The fourth-order valence-electron chi connectivity index (χ4n) is 2.89. The normalized spacial score (nSPS) is 17.2. The maximum absolute atomic E-state index is 13.0. The fourth-order valence-corrected chi connectivity index (χ4v) is 3.43. The highest BCUT2D eigenvalue weighted by Gasteiger charge is 2.52. The second kappa shape index (κ2) is 7.29. The molecule has 0 saturated carbocycles. The summed E-state index contributed by atoms with van der Waals surface area (Å²) in [4.78, 5) is 32.5. The van der Waals surface area contributed by atoms with E-state index in [4.69, 9.17) is 4.52 Å². The number of carbonyl (C=O) groups excluding carboxylic acids is 2. The Morgan fingerprint density at radius 1 is 1.10 bits per heavy atom. The van der Waals surface area contributed by atoms with Crippen molar-refractivity contribution in [3.8, 4) is 0 Å². The molecular formula is C19H21F3N4O3S. The average molecular weight is 442 g/mol. The van der Waals surface area contributed by atoms with Crippen molar-refractivity contribution in [2.45, 2.75) is 62.5 Å². The predicted octanol–water partition coefficient (Wildman–Crippen LogP) is 4.73. The Balaban J connectivity index is 1.84. The highest BCUT2D eigenvalue weighted by molar-refractivity contribution is 8.00. The van der Waals surface area contributed by atoms with Crippen LogP contribution in [0.25, 0.3) is 0 Å². The molecule has 0 radical (unpaired) electrons. The van der Waals surface area contributed by atoms with E-state index in [0.717, 1.165) is 4.90 Å². The third-order valence-corrected chi connectivity index (χ3v) is 5.30. The van der Waals surface area contributed by atoms with Crippen molar-refractivity contribution in [2.75, 3.05) is 4.90 Å². The van der Waals surface area contributed by atoms with Gasteiger partial charge in [-0.05, 0) is 49.9 Å². The van der Waals surface area contributed by atoms with Crippen molar-refractivity contribution >= 4 is 29.4 Å². The number of alkyl halides is 3. The van der Waals surface area contributed by atoms with Gasteiger partial charge in [-0.2, -0.15) is 18.2 Å². The first-order valence-electron chi connectivity index (χ1n) is 9.05. The van der Waals surface area contributed by atoms with Crippen LogP contribution in [0.4, 0.5) is 23.7 Å². The van der Waals surface area contributed by atoms with Crippen molar-refractivity contribution in [3.63, 3.8) is 0 Å². The van der Waals surface area contributed by atoms with Crippen molar-refractivity contribution in [1.29, 1.82) is 0 Å². The SMILES string of the molecule is CC(C)(C)c1nc(CN2C(=O)N(c3ccc(SC(F)(F)F)cc3)C(=O)C2(C)C)no1. The standard InChI is InChI=1S/C19H21F3N4O3S/c1-17(2,3)14-23-13(24-29-14)10-25-16(28)26(15(27)18(25,4)5)11-6-8-12(9-7-11)30-19(20,21)22/h6-9H,10H2,1-5H3. The van der Waals surface area contributed by atoms with Gasteiger partial charge in [-0.3, -0.25) is 4.79 Å².